The average Bonchev–Trinajstić information content (AvgIpc) is 2.61. The predicted octanol–water partition coefficient (Wildman–Crippen LogP) is 1.21. The number of piperazine rings is 1. The van der Waals surface area contributed by atoms with Crippen molar-refractivity contribution in [3.63, 3.8) is 0 Å². The summed E-state index contributed by atoms with van der Waals surface area (Å²) in [4.78, 5) is 19.9. The third kappa shape index (κ3) is 6.51. The molecule has 2 N–H and O–H groups in total. The van der Waals surface area contributed by atoms with E-state index in [9.17, 15) is 4.79 Å². The van der Waals surface area contributed by atoms with E-state index in [2.05, 4.69) is 26.6 Å². The predicted molar refractivity (Wildman–Crippen MR) is 99.2 cm³/mol. The molecule has 136 valence electrons. The minimum Gasteiger partial charge on any atom is -0.356 e. The van der Waals surface area contributed by atoms with Gasteiger partial charge in [0.2, 0.25) is 5.91 Å². The summed E-state index contributed by atoms with van der Waals surface area (Å²) in [5, 5.41) is 6.79. The van der Waals surface area contributed by atoms with Crippen LogP contribution in [0.1, 0.15) is 39.0 Å². The number of guanidine groups is 1. The summed E-state index contributed by atoms with van der Waals surface area (Å²) in [6.07, 6.45) is 8.73. The van der Waals surface area contributed by atoms with E-state index in [1.165, 1.54) is 25.7 Å². The van der Waals surface area contributed by atoms with Gasteiger partial charge in [-0.1, -0.05) is 11.6 Å². The summed E-state index contributed by atoms with van der Waals surface area (Å²) < 4.78 is 0. The highest BCUT2D eigenvalue weighted by molar-refractivity contribution is 5.79. The highest BCUT2D eigenvalue weighted by Crippen LogP contribution is 2.19. The molecule has 2 aliphatic rings. The first-order valence-electron chi connectivity index (χ1n) is 9.29. The highest BCUT2D eigenvalue weighted by Gasteiger charge is 2.17. The molecule has 0 unspecified atom stereocenters. The largest absolute Gasteiger partial charge is 0.356 e. The van der Waals surface area contributed by atoms with E-state index in [1.54, 1.807) is 12.5 Å². The molecule has 6 nitrogen and oxygen atoms in total. The number of hydrogen-bond acceptors (Lipinski definition) is 3. The Labute approximate surface area is 146 Å². The molecule has 1 fully saturated rings. The van der Waals surface area contributed by atoms with Gasteiger partial charge in [-0.05, 0) is 32.1 Å². The van der Waals surface area contributed by atoms with E-state index in [-0.39, 0.29) is 5.91 Å². The first kappa shape index (κ1) is 18.8. The van der Waals surface area contributed by atoms with Crippen molar-refractivity contribution in [3.8, 4) is 0 Å². The second-order valence-corrected chi connectivity index (χ2v) is 6.63. The van der Waals surface area contributed by atoms with Gasteiger partial charge in [-0.15, -0.1) is 0 Å². The Balaban J connectivity index is 1.57. The molecule has 0 radical (unpaired) electrons. The molecule has 1 heterocycles. The molecule has 1 aliphatic heterocycles. The van der Waals surface area contributed by atoms with Crippen LogP contribution in [0, 0.1) is 0 Å². The third-order valence-corrected chi connectivity index (χ3v) is 4.89. The van der Waals surface area contributed by atoms with Gasteiger partial charge in [0.05, 0.1) is 0 Å². The molecule has 6 heteroatoms. The minimum absolute atomic E-state index is 0.186. The van der Waals surface area contributed by atoms with Gasteiger partial charge in [0.1, 0.15) is 0 Å². The van der Waals surface area contributed by atoms with Crippen LogP contribution in [0.3, 0.4) is 0 Å². The molecule has 2 rings (SSSR count). The molecule has 0 saturated carbocycles. The summed E-state index contributed by atoms with van der Waals surface area (Å²) in [6, 6.07) is 0. The van der Waals surface area contributed by atoms with Crippen molar-refractivity contribution in [2.75, 3.05) is 52.9 Å². The fourth-order valence-electron chi connectivity index (χ4n) is 3.31. The topological polar surface area (TPSA) is 60.0 Å². The molecule has 0 aromatic rings. The fraction of sp³-hybridized carbons (Fsp3) is 0.778. The highest BCUT2D eigenvalue weighted by atomic mass is 16.2. The average molecular weight is 335 g/mol. The SMILES string of the molecule is CN=C(NCCC1=CCCCC1)NCCN1CCN(C(C)=O)CC1. The summed E-state index contributed by atoms with van der Waals surface area (Å²) in [5.74, 6) is 1.07. The fourth-order valence-corrected chi connectivity index (χ4v) is 3.31. The molecule has 0 spiro atoms. The second-order valence-electron chi connectivity index (χ2n) is 6.63. The zero-order chi connectivity index (χ0) is 17.2. The lowest BCUT2D eigenvalue weighted by molar-refractivity contribution is -0.130. The van der Waals surface area contributed by atoms with Gasteiger partial charge in [-0.2, -0.15) is 0 Å². The van der Waals surface area contributed by atoms with Crippen LogP contribution in [0.4, 0.5) is 0 Å². The van der Waals surface area contributed by atoms with Crippen LogP contribution >= 0.6 is 0 Å². The van der Waals surface area contributed by atoms with Gasteiger partial charge >= 0.3 is 0 Å². The van der Waals surface area contributed by atoms with Gasteiger partial charge < -0.3 is 15.5 Å². The van der Waals surface area contributed by atoms with Crippen molar-refractivity contribution >= 4 is 11.9 Å². The first-order valence-corrected chi connectivity index (χ1v) is 9.29. The van der Waals surface area contributed by atoms with E-state index in [0.29, 0.717) is 0 Å². The normalized spacial score (nSPS) is 19.8. The van der Waals surface area contributed by atoms with Crippen molar-refractivity contribution in [1.29, 1.82) is 0 Å². The number of amides is 1. The molecule has 1 saturated heterocycles. The van der Waals surface area contributed by atoms with Crippen LogP contribution in [-0.4, -0.2) is 74.5 Å². The number of allylic oxidation sites excluding steroid dienone is 1. The summed E-state index contributed by atoms with van der Waals surface area (Å²) in [6.45, 7) is 8.07. The van der Waals surface area contributed by atoms with Crippen LogP contribution in [0.25, 0.3) is 0 Å². The Kier molecular flexibility index (Phi) is 8.08. The maximum atomic E-state index is 11.3. The van der Waals surface area contributed by atoms with Crippen molar-refractivity contribution in [2.24, 2.45) is 4.99 Å². The number of nitrogens with zero attached hydrogens (tertiary/aromatic N) is 3. The molecule has 0 bridgehead atoms. The molecule has 0 aromatic heterocycles. The van der Waals surface area contributed by atoms with Crippen molar-refractivity contribution in [1.82, 2.24) is 20.4 Å². The van der Waals surface area contributed by atoms with Crippen molar-refractivity contribution in [2.45, 2.75) is 39.0 Å². The lowest BCUT2D eigenvalue weighted by atomic mass is 9.97. The summed E-state index contributed by atoms with van der Waals surface area (Å²) >= 11 is 0. The van der Waals surface area contributed by atoms with E-state index >= 15 is 0 Å². The molecule has 1 amide bonds. The summed E-state index contributed by atoms with van der Waals surface area (Å²) in [5.41, 5.74) is 1.59. The quantitative estimate of drug-likeness (QED) is 0.435. The van der Waals surface area contributed by atoms with E-state index in [1.807, 2.05) is 11.9 Å². The Bertz CT molecular complexity index is 452. The standard InChI is InChI=1S/C18H33N5O/c1-16(24)23-14-12-22(13-15-23)11-10-21-18(19-2)20-9-8-17-6-4-3-5-7-17/h6H,3-5,7-15H2,1-2H3,(H2,19,20,21). The number of rotatable bonds is 6. The van der Waals surface area contributed by atoms with E-state index in [4.69, 9.17) is 0 Å². The van der Waals surface area contributed by atoms with Crippen molar-refractivity contribution < 1.29 is 4.79 Å². The summed E-state index contributed by atoms with van der Waals surface area (Å²) in [7, 11) is 1.82. The molecule has 24 heavy (non-hydrogen) atoms. The number of aliphatic imine (C=N–C) groups is 1. The van der Waals surface area contributed by atoms with Gasteiger partial charge in [0.25, 0.3) is 0 Å². The van der Waals surface area contributed by atoms with Crippen molar-refractivity contribution in [3.05, 3.63) is 11.6 Å². The lowest BCUT2D eigenvalue weighted by Gasteiger charge is -2.34. The first-order chi connectivity index (χ1) is 11.7. The van der Waals surface area contributed by atoms with Gasteiger partial charge in [-0.3, -0.25) is 14.7 Å². The minimum atomic E-state index is 0.186. The Morgan fingerprint density at radius 1 is 1.17 bits per heavy atom. The second kappa shape index (κ2) is 10.3. The molecular weight excluding hydrogens is 302 g/mol. The smallest absolute Gasteiger partial charge is 0.219 e. The van der Waals surface area contributed by atoms with Crippen LogP contribution < -0.4 is 10.6 Å². The zero-order valence-corrected chi connectivity index (χ0v) is 15.3. The number of nitrogens with one attached hydrogen (secondary N) is 2. The van der Waals surface area contributed by atoms with Gasteiger partial charge in [-0.25, -0.2) is 0 Å². The van der Waals surface area contributed by atoms with Crippen LogP contribution in [0.15, 0.2) is 16.6 Å². The monoisotopic (exact) mass is 335 g/mol. The van der Waals surface area contributed by atoms with E-state index < -0.39 is 0 Å². The van der Waals surface area contributed by atoms with Gasteiger partial charge in [0.15, 0.2) is 5.96 Å². The Morgan fingerprint density at radius 3 is 2.54 bits per heavy atom. The van der Waals surface area contributed by atoms with Crippen LogP contribution in [0.2, 0.25) is 0 Å². The maximum Gasteiger partial charge on any atom is 0.219 e. The zero-order valence-electron chi connectivity index (χ0n) is 15.3. The van der Waals surface area contributed by atoms with Gasteiger partial charge in [0, 0.05) is 59.8 Å². The Morgan fingerprint density at radius 2 is 1.92 bits per heavy atom. The van der Waals surface area contributed by atoms with Crippen LogP contribution in [0.5, 0.6) is 0 Å². The third-order valence-electron chi connectivity index (χ3n) is 4.89. The number of carbonyl (C=O) groups is 1. The molecule has 0 aromatic carbocycles. The maximum absolute atomic E-state index is 11.3. The van der Waals surface area contributed by atoms with Crippen LogP contribution in [-0.2, 0) is 4.79 Å². The molecular formula is C18H33N5O. The number of hydrogen-bond donors (Lipinski definition) is 2. The number of carbonyl (C=O) groups excluding carboxylic acids is 1. The van der Waals surface area contributed by atoms with E-state index in [0.717, 1.165) is 58.2 Å². The molecule has 0 atom stereocenters. The molecule has 1 aliphatic carbocycles. The Hall–Kier alpha value is -1.56. The lowest BCUT2D eigenvalue weighted by Crippen LogP contribution is -2.50.